The van der Waals surface area contributed by atoms with Crippen LogP contribution in [0.4, 0.5) is 5.69 Å². The van der Waals surface area contributed by atoms with Gasteiger partial charge in [0.2, 0.25) is 15.9 Å². The molecule has 2 saturated heterocycles. The molecule has 6 nitrogen and oxygen atoms in total. The van der Waals surface area contributed by atoms with Crippen molar-refractivity contribution in [2.75, 3.05) is 36.8 Å². The molecule has 2 heterocycles. The third-order valence-electron chi connectivity index (χ3n) is 6.29. The second-order valence-electron chi connectivity index (χ2n) is 8.61. The lowest BCUT2D eigenvalue weighted by atomic mass is 9.97. The minimum Gasteiger partial charge on any atom is -0.371 e. The summed E-state index contributed by atoms with van der Waals surface area (Å²) in [6, 6.07) is 8.37. The highest BCUT2D eigenvalue weighted by Crippen LogP contribution is 2.25. The lowest BCUT2D eigenvalue weighted by Crippen LogP contribution is -2.46. The molecular weight excluding hydrogens is 386 g/mol. The molecule has 0 aliphatic carbocycles. The SMILES string of the molecule is CCS(=O)(=O)N1CCC[C@@H](C(=O)N[C@@H](C)c2ccc(N3CCC[C@@H](C)C3)cc2)C1. The quantitative estimate of drug-likeness (QED) is 0.766. The van der Waals surface area contributed by atoms with Crippen molar-refractivity contribution >= 4 is 21.6 Å². The highest BCUT2D eigenvalue weighted by Gasteiger charge is 2.31. The van der Waals surface area contributed by atoms with Crippen LogP contribution in [-0.4, -0.2) is 50.6 Å². The van der Waals surface area contributed by atoms with Crippen LogP contribution in [0.1, 0.15) is 58.1 Å². The zero-order valence-electron chi connectivity index (χ0n) is 17.9. The number of hydrogen-bond donors (Lipinski definition) is 1. The number of piperidine rings is 2. The molecule has 0 radical (unpaired) electrons. The molecule has 1 aromatic carbocycles. The lowest BCUT2D eigenvalue weighted by Gasteiger charge is -2.33. The van der Waals surface area contributed by atoms with Crippen LogP contribution in [0, 0.1) is 11.8 Å². The van der Waals surface area contributed by atoms with Gasteiger partial charge in [-0.2, -0.15) is 0 Å². The van der Waals surface area contributed by atoms with E-state index in [4.69, 9.17) is 0 Å². The molecule has 3 atom stereocenters. The van der Waals surface area contributed by atoms with Gasteiger partial charge in [-0.1, -0.05) is 19.1 Å². The number of anilines is 1. The number of carbonyl (C=O) groups excluding carboxylic acids is 1. The van der Waals surface area contributed by atoms with Crippen LogP contribution in [0.5, 0.6) is 0 Å². The van der Waals surface area contributed by atoms with E-state index in [2.05, 4.69) is 41.4 Å². The first-order chi connectivity index (χ1) is 13.8. The van der Waals surface area contributed by atoms with E-state index in [0.717, 1.165) is 37.4 Å². The highest BCUT2D eigenvalue weighted by molar-refractivity contribution is 7.89. The largest absolute Gasteiger partial charge is 0.371 e. The van der Waals surface area contributed by atoms with Crippen molar-refractivity contribution in [1.82, 2.24) is 9.62 Å². The van der Waals surface area contributed by atoms with Crippen molar-refractivity contribution in [3.05, 3.63) is 29.8 Å². The van der Waals surface area contributed by atoms with E-state index < -0.39 is 10.0 Å². The first-order valence-electron chi connectivity index (χ1n) is 10.9. The van der Waals surface area contributed by atoms with Gasteiger partial charge < -0.3 is 10.2 Å². The predicted molar refractivity (Wildman–Crippen MR) is 117 cm³/mol. The Hall–Kier alpha value is -1.60. The Kier molecular flexibility index (Phi) is 7.22. The Bertz CT molecular complexity index is 794. The summed E-state index contributed by atoms with van der Waals surface area (Å²) in [4.78, 5) is 15.2. The van der Waals surface area contributed by atoms with Gasteiger partial charge in [0.15, 0.2) is 0 Å². The van der Waals surface area contributed by atoms with Crippen molar-refractivity contribution in [2.45, 2.75) is 52.5 Å². The summed E-state index contributed by atoms with van der Waals surface area (Å²) in [6.45, 7) is 8.96. The van der Waals surface area contributed by atoms with Crippen molar-refractivity contribution < 1.29 is 13.2 Å². The van der Waals surface area contributed by atoms with Crippen molar-refractivity contribution in [3.8, 4) is 0 Å². The van der Waals surface area contributed by atoms with Crippen LogP contribution in [0.25, 0.3) is 0 Å². The van der Waals surface area contributed by atoms with Gasteiger partial charge in [-0.15, -0.1) is 0 Å². The van der Waals surface area contributed by atoms with E-state index in [1.54, 1.807) is 6.92 Å². The first-order valence-corrected chi connectivity index (χ1v) is 12.5. The van der Waals surface area contributed by atoms with Crippen molar-refractivity contribution in [3.63, 3.8) is 0 Å². The van der Waals surface area contributed by atoms with E-state index in [0.29, 0.717) is 13.1 Å². The molecule has 0 bridgehead atoms. The maximum atomic E-state index is 12.8. The van der Waals surface area contributed by atoms with Crippen molar-refractivity contribution in [2.24, 2.45) is 11.8 Å². The molecule has 29 heavy (non-hydrogen) atoms. The van der Waals surface area contributed by atoms with Crippen LogP contribution >= 0.6 is 0 Å². The van der Waals surface area contributed by atoms with Crippen LogP contribution in [0.3, 0.4) is 0 Å². The Morgan fingerprint density at radius 1 is 1.14 bits per heavy atom. The normalized spacial score (nSPS) is 24.9. The highest BCUT2D eigenvalue weighted by atomic mass is 32.2. The minimum atomic E-state index is -3.24. The smallest absolute Gasteiger partial charge is 0.224 e. The number of benzene rings is 1. The fourth-order valence-electron chi connectivity index (χ4n) is 4.40. The number of nitrogens with zero attached hydrogens (tertiary/aromatic N) is 2. The van der Waals surface area contributed by atoms with Gasteiger partial charge in [-0.25, -0.2) is 12.7 Å². The second kappa shape index (κ2) is 9.47. The molecule has 0 spiro atoms. The Balaban J connectivity index is 1.58. The molecule has 162 valence electrons. The predicted octanol–water partition coefficient (Wildman–Crippen LogP) is 3.16. The maximum absolute atomic E-state index is 12.8. The molecule has 3 rings (SSSR count). The summed E-state index contributed by atoms with van der Waals surface area (Å²) in [5.74, 6) is 0.483. The lowest BCUT2D eigenvalue weighted by molar-refractivity contribution is -0.126. The van der Waals surface area contributed by atoms with Crippen LogP contribution in [-0.2, 0) is 14.8 Å². The van der Waals surface area contributed by atoms with E-state index >= 15 is 0 Å². The Labute approximate surface area is 175 Å². The number of rotatable bonds is 6. The summed E-state index contributed by atoms with van der Waals surface area (Å²) in [5.41, 5.74) is 2.31. The molecular formula is C22H35N3O3S. The average Bonchev–Trinajstić information content (AvgIpc) is 2.74. The topological polar surface area (TPSA) is 69.7 Å². The van der Waals surface area contributed by atoms with Gasteiger partial charge in [0, 0.05) is 31.9 Å². The van der Waals surface area contributed by atoms with Gasteiger partial charge in [0.25, 0.3) is 0 Å². The molecule has 2 aliphatic rings. The van der Waals surface area contributed by atoms with Gasteiger partial charge in [0.05, 0.1) is 17.7 Å². The van der Waals surface area contributed by atoms with Crippen molar-refractivity contribution in [1.29, 1.82) is 0 Å². The molecule has 2 aliphatic heterocycles. The van der Waals surface area contributed by atoms with Gasteiger partial charge in [-0.05, 0) is 63.1 Å². The van der Waals surface area contributed by atoms with E-state index in [-0.39, 0.29) is 23.6 Å². The van der Waals surface area contributed by atoms with Gasteiger partial charge >= 0.3 is 0 Å². The molecule has 0 saturated carbocycles. The summed E-state index contributed by atoms with van der Waals surface area (Å²) < 4.78 is 25.8. The second-order valence-corrected chi connectivity index (χ2v) is 10.9. The fraction of sp³-hybridized carbons (Fsp3) is 0.682. The number of hydrogen-bond acceptors (Lipinski definition) is 4. The monoisotopic (exact) mass is 421 g/mol. The van der Waals surface area contributed by atoms with E-state index in [1.165, 1.54) is 22.8 Å². The molecule has 7 heteroatoms. The molecule has 0 unspecified atom stereocenters. The summed E-state index contributed by atoms with van der Waals surface area (Å²) in [5, 5.41) is 3.09. The van der Waals surface area contributed by atoms with E-state index in [1.807, 2.05) is 6.92 Å². The zero-order chi connectivity index (χ0) is 21.0. The Morgan fingerprint density at radius 2 is 1.83 bits per heavy atom. The number of carbonyl (C=O) groups is 1. The standard InChI is InChI=1S/C22H35N3O3S/c1-4-29(27,28)25-14-6-8-20(16-25)22(26)23-18(3)19-9-11-21(12-10-19)24-13-5-7-17(2)15-24/h9-12,17-18,20H,4-8,13-16H2,1-3H3,(H,23,26)/t17-,18+,20-/m1/s1. The number of sulfonamides is 1. The van der Waals surface area contributed by atoms with Crippen LogP contribution < -0.4 is 10.2 Å². The molecule has 0 aromatic heterocycles. The maximum Gasteiger partial charge on any atom is 0.224 e. The third kappa shape index (κ3) is 5.51. The minimum absolute atomic E-state index is 0.0533. The number of amides is 1. The first kappa shape index (κ1) is 22.1. The summed E-state index contributed by atoms with van der Waals surface area (Å²) in [6.07, 6.45) is 4.01. The molecule has 2 fully saturated rings. The molecule has 1 aromatic rings. The summed E-state index contributed by atoms with van der Waals surface area (Å²) in [7, 11) is -3.24. The van der Waals surface area contributed by atoms with Crippen LogP contribution in [0.15, 0.2) is 24.3 Å². The summed E-state index contributed by atoms with van der Waals surface area (Å²) >= 11 is 0. The Morgan fingerprint density at radius 3 is 2.48 bits per heavy atom. The van der Waals surface area contributed by atoms with Crippen LogP contribution in [0.2, 0.25) is 0 Å². The number of nitrogens with one attached hydrogen (secondary N) is 1. The molecule has 1 amide bonds. The molecule has 1 N–H and O–H groups in total. The van der Waals surface area contributed by atoms with Gasteiger partial charge in [-0.3, -0.25) is 4.79 Å². The zero-order valence-corrected chi connectivity index (χ0v) is 18.7. The van der Waals surface area contributed by atoms with E-state index in [9.17, 15) is 13.2 Å². The van der Waals surface area contributed by atoms with Gasteiger partial charge in [0.1, 0.15) is 0 Å². The third-order valence-corrected chi connectivity index (χ3v) is 8.14. The fourth-order valence-corrected chi connectivity index (χ4v) is 5.58. The average molecular weight is 422 g/mol.